The number of aliphatic imine (C=N–C) groups is 1. The van der Waals surface area contributed by atoms with Crippen LogP contribution in [0.1, 0.15) is 5.56 Å². The number of ether oxygens (including phenoxy) is 2. The summed E-state index contributed by atoms with van der Waals surface area (Å²) in [4.78, 5) is 6.79. The molecule has 158 valence electrons. The van der Waals surface area contributed by atoms with Crippen molar-refractivity contribution in [3.8, 4) is 11.5 Å². The Balaban J connectivity index is 1.44. The normalized spacial score (nSPS) is 23.9. The second kappa shape index (κ2) is 7.82. The lowest BCUT2D eigenvalue weighted by molar-refractivity contribution is 0.171. The number of benzene rings is 2. The SMILES string of the molecule is O=S1(=O)CC2N=C(SCc3ccc(Cl)c(Cl)c3)N(c3ccc4c(c3)OCCO4)C2C1. The van der Waals surface area contributed by atoms with Crippen molar-refractivity contribution < 1.29 is 17.9 Å². The van der Waals surface area contributed by atoms with Crippen LogP contribution in [0, 0.1) is 0 Å². The second-order valence-electron chi connectivity index (χ2n) is 7.36. The van der Waals surface area contributed by atoms with Crippen LogP contribution in [0.4, 0.5) is 5.69 Å². The lowest BCUT2D eigenvalue weighted by Crippen LogP contribution is -2.39. The van der Waals surface area contributed by atoms with Gasteiger partial charge in [0.1, 0.15) is 13.2 Å². The maximum Gasteiger partial charge on any atom is 0.164 e. The molecule has 5 rings (SSSR count). The van der Waals surface area contributed by atoms with Gasteiger partial charge in [0.25, 0.3) is 0 Å². The number of halogens is 2. The van der Waals surface area contributed by atoms with E-state index in [1.54, 1.807) is 17.8 Å². The largest absolute Gasteiger partial charge is 0.486 e. The molecule has 0 N–H and O–H groups in total. The van der Waals surface area contributed by atoms with Crippen molar-refractivity contribution in [1.82, 2.24) is 0 Å². The molecule has 1 fully saturated rings. The fraction of sp³-hybridized carbons (Fsp3) is 0.350. The summed E-state index contributed by atoms with van der Waals surface area (Å²) in [5.41, 5.74) is 1.87. The molecule has 0 aliphatic carbocycles. The molecule has 3 aliphatic heterocycles. The standard InChI is InChI=1S/C20H18Cl2N2O4S2/c21-14-3-1-12(7-15(14)22)9-29-20-23-16-10-30(25,26)11-17(16)24(20)13-2-4-18-19(8-13)28-6-5-27-18/h1-4,7-8,16-17H,5-6,9-11H2. The van der Waals surface area contributed by atoms with Gasteiger partial charge in [-0.05, 0) is 29.8 Å². The Morgan fingerprint density at radius 3 is 2.63 bits per heavy atom. The predicted octanol–water partition coefficient (Wildman–Crippen LogP) is 4.04. The Morgan fingerprint density at radius 2 is 1.83 bits per heavy atom. The highest BCUT2D eigenvalue weighted by Gasteiger charge is 2.47. The molecular formula is C20H18Cl2N2O4S2. The topological polar surface area (TPSA) is 68.2 Å². The van der Waals surface area contributed by atoms with Gasteiger partial charge in [-0.1, -0.05) is 41.0 Å². The van der Waals surface area contributed by atoms with E-state index in [4.69, 9.17) is 37.7 Å². The number of thioether (sulfide) groups is 1. The summed E-state index contributed by atoms with van der Waals surface area (Å²) in [5.74, 6) is 2.17. The Kier molecular flexibility index (Phi) is 5.29. The molecule has 10 heteroatoms. The highest BCUT2D eigenvalue weighted by molar-refractivity contribution is 8.13. The smallest absolute Gasteiger partial charge is 0.164 e. The van der Waals surface area contributed by atoms with E-state index in [9.17, 15) is 8.42 Å². The quantitative estimate of drug-likeness (QED) is 0.654. The van der Waals surface area contributed by atoms with Crippen LogP contribution in [-0.4, -0.2) is 50.4 Å². The zero-order valence-corrected chi connectivity index (χ0v) is 18.9. The van der Waals surface area contributed by atoms with Gasteiger partial charge >= 0.3 is 0 Å². The molecule has 0 saturated carbocycles. The van der Waals surface area contributed by atoms with Gasteiger partial charge in [0.05, 0.1) is 33.6 Å². The molecule has 0 bridgehead atoms. The Morgan fingerprint density at radius 1 is 1.03 bits per heavy atom. The first kappa shape index (κ1) is 20.3. The van der Waals surface area contributed by atoms with E-state index in [0.29, 0.717) is 40.5 Å². The molecule has 0 radical (unpaired) electrons. The van der Waals surface area contributed by atoms with E-state index in [0.717, 1.165) is 16.4 Å². The average Bonchev–Trinajstić information content (AvgIpc) is 3.19. The first-order valence-corrected chi connectivity index (χ1v) is 13.0. The number of rotatable bonds is 3. The van der Waals surface area contributed by atoms with Crippen molar-refractivity contribution >= 4 is 55.7 Å². The fourth-order valence-electron chi connectivity index (χ4n) is 3.89. The monoisotopic (exact) mass is 484 g/mol. The van der Waals surface area contributed by atoms with Gasteiger partial charge < -0.3 is 14.4 Å². The molecule has 0 amide bonds. The lowest BCUT2D eigenvalue weighted by Gasteiger charge is -2.28. The third-order valence-electron chi connectivity index (χ3n) is 5.26. The summed E-state index contributed by atoms with van der Waals surface area (Å²) in [7, 11) is -3.11. The summed E-state index contributed by atoms with van der Waals surface area (Å²) in [5, 5.41) is 1.82. The molecule has 2 aromatic carbocycles. The second-order valence-corrected chi connectivity index (χ2v) is 11.3. The Bertz CT molecular complexity index is 1140. The maximum absolute atomic E-state index is 12.2. The molecule has 2 aromatic rings. The number of fused-ring (bicyclic) bond motifs is 2. The van der Waals surface area contributed by atoms with Gasteiger partial charge in [-0.25, -0.2) is 8.42 Å². The third kappa shape index (κ3) is 3.86. The van der Waals surface area contributed by atoms with Crippen LogP contribution < -0.4 is 14.4 Å². The van der Waals surface area contributed by atoms with E-state index < -0.39 is 9.84 Å². The summed E-state index contributed by atoms with van der Waals surface area (Å²) in [6.07, 6.45) is 0. The highest BCUT2D eigenvalue weighted by atomic mass is 35.5. The van der Waals surface area contributed by atoms with Crippen molar-refractivity contribution in [2.45, 2.75) is 17.8 Å². The summed E-state index contributed by atoms with van der Waals surface area (Å²) < 4.78 is 35.8. The van der Waals surface area contributed by atoms with Crippen molar-refractivity contribution in [3.63, 3.8) is 0 Å². The van der Waals surface area contributed by atoms with E-state index in [-0.39, 0.29) is 23.6 Å². The number of nitrogens with zero attached hydrogens (tertiary/aromatic N) is 2. The van der Waals surface area contributed by atoms with E-state index in [1.165, 1.54) is 0 Å². The molecule has 3 heterocycles. The molecule has 3 aliphatic rings. The first-order chi connectivity index (χ1) is 14.4. The average molecular weight is 485 g/mol. The van der Waals surface area contributed by atoms with Crippen LogP contribution in [-0.2, 0) is 15.6 Å². The molecular weight excluding hydrogens is 467 g/mol. The van der Waals surface area contributed by atoms with Gasteiger partial charge in [-0.2, -0.15) is 0 Å². The minimum atomic E-state index is -3.11. The van der Waals surface area contributed by atoms with Crippen molar-refractivity contribution in [1.29, 1.82) is 0 Å². The van der Waals surface area contributed by atoms with Gasteiger partial charge in [0, 0.05) is 17.5 Å². The van der Waals surface area contributed by atoms with Crippen LogP contribution in [0.25, 0.3) is 0 Å². The predicted molar refractivity (Wildman–Crippen MR) is 121 cm³/mol. The maximum atomic E-state index is 12.2. The van der Waals surface area contributed by atoms with Gasteiger partial charge in [-0.3, -0.25) is 4.99 Å². The summed E-state index contributed by atoms with van der Waals surface area (Å²) >= 11 is 13.7. The summed E-state index contributed by atoms with van der Waals surface area (Å²) in [6, 6.07) is 10.8. The van der Waals surface area contributed by atoms with Gasteiger partial charge in [0.15, 0.2) is 26.5 Å². The fourth-order valence-corrected chi connectivity index (χ4v) is 7.12. The number of hydrogen-bond acceptors (Lipinski definition) is 7. The van der Waals surface area contributed by atoms with E-state index in [2.05, 4.69) is 0 Å². The molecule has 1 saturated heterocycles. The zero-order valence-electron chi connectivity index (χ0n) is 15.8. The number of anilines is 1. The van der Waals surface area contributed by atoms with Gasteiger partial charge in [-0.15, -0.1) is 0 Å². The van der Waals surface area contributed by atoms with Crippen LogP contribution >= 0.6 is 35.0 Å². The molecule has 0 aromatic heterocycles. The highest BCUT2D eigenvalue weighted by Crippen LogP contribution is 2.40. The van der Waals surface area contributed by atoms with Crippen LogP contribution in [0.3, 0.4) is 0 Å². The van der Waals surface area contributed by atoms with Crippen molar-refractivity contribution in [2.24, 2.45) is 4.99 Å². The van der Waals surface area contributed by atoms with Crippen molar-refractivity contribution in [2.75, 3.05) is 29.6 Å². The first-order valence-electron chi connectivity index (χ1n) is 9.43. The van der Waals surface area contributed by atoms with Crippen LogP contribution in [0.5, 0.6) is 11.5 Å². The Hall–Kier alpha value is -1.61. The van der Waals surface area contributed by atoms with Crippen LogP contribution in [0.2, 0.25) is 10.0 Å². The van der Waals surface area contributed by atoms with Gasteiger partial charge in [0.2, 0.25) is 0 Å². The molecule has 2 unspecified atom stereocenters. The minimum absolute atomic E-state index is 0.0789. The molecule has 0 spiro atoms. The molecule has 30 heavy (non-hydrogen) atoms. The third-order valence-corrected chi connectivity index (χ3v) is 8.74. The number of hydrogen-bond donors (Lipinski definition) is 0. The van der Waals surface area contributed by atoms with E-state index in [1.807, 2.05) is 35.2 Å². The summed E-state index contributed by atoms with van der Waals surface area (Å²) in [6.45, 7) is 1.01. The zero-order chi connectivity index (χ0) is 20.9. The van der Waals surface area contributed by atoms with Crippen molar-refractivity contribution in [3.05, 3.63) is 52.0 Å². The Labute approximate surface area is 189 Å². The molecule has 2 atom stereocenters. The lowest BCUT2D eigenvalue weighted by atomic mass is 10.1. The number of sulfone groups is 1. The van der Waals surface area contributed by atoms with E-state index >= 15 is 0 Å². The molecule has 6 nitrogen and oxygen atoms in total. The number of amidine groups is 1. The van der Waals surface area contributed by atoms with Crippen LogP contribution in [0.15, 0.2) is 41.4 Å². The minimum Gasteiger partial charge on any atom is -0.486 e.